The van der Waals surface area contributed by atoms with Crippen molar-refractivity contribution in [2.45, 2.75) is 43.6 Å². The fraction of sp³-hybridized carbons (Fsp3) is 0.409. The van der Waals surface area contributed by atoms with E-state index in [0.717, 1.165) is 25.1 Å². The molecule has 4 heterocycles. The van der Waals surface area contributed by atoms with Gasteiger partial charge in [0.15, 0.2) is 6.23 Å². The molecule has 3 aromatic heterocycles. The summed E-state index contributed by atoms with van der Waals surface area (Å²) < 4.78 is 6.54. The zero-order valence-electron chi connectivity index (χ0n) is 18.3. The van der Waals surface area contributed by atoms with E-state index >= 15 is 0 Å². The molecule has 178 valence electrons. The lowest BCUT2D eigenvalue weighted by Crippen LogP contribution is -2.47. The highest BCUT2D eigenvalue weighted by Gasteiger charge is 2.26. The third-order valence-electron chi connectivity index (χ3n) is 5.91. The molecule has 12 heteroatoms. The normalized spacial score (nSPS) is 21.1. The Morgan fingerprint density at radius 1 is 1.03 bits per heavy atom. The van der Waals surface area contributed by atoms with Gasteiger partial charge >= 0.3 is 0 Å². The lowest BCUT2D eigenvalue weighted by molar-refractivity contribution is -0.0330. The van der Waals surface area contributed by atoms with Crippen molar-refractivity contribution < 1.29 is 9.84 Å². The number of hydrogen-bond donors (Lipinski definition) is 4. The van der Waals surface area contributed by atoms with E-state index in [0.29, 0.717) is 35.6 Å². The van der Waals surface area contributed by atoms with Crippen LogP contribution in [0.2, 0.25) is 5.02 Å². The summed E-state index contributed by atoms with van der Waals surface area (Å²) in [6.07, 6.45) is 6.61. The first-order valence-corrected chi connectivity index (χ1v) is 11.5. The Morgan fingerprint density at radius 2 is 1.85 bits per heavy atom. The van der Waals surface area contributed by atoms with Crippen LogP contribution < -0.4 is 21.5 Å². The van der Waals surface area contributed by atoms with Gasteiger partial charge in [-0.15, -0.1) is 10.2 Å². The summed E-state index contributed by atoms with van der Waals surface area (Å²) in [5.41, 5.74) is 0.858. The number of nitrogens with one attached hydrogen (secondary N) is 3. The summed E-state index contributed by atoms with van der Waals surface area (Å²) in [6.45, 7) is 1.16. The minimum atomic E-state index is -0.917. The molecule has 1 unspecified atom stereocenters. The highest BCUT2D eigenvalue weighted by molar-refractivity contribution is 6.30. The summed E-state index contributed by atoms with van der Waals surface area (Å²) in [5.74, 6) is 1.17. The Labute approximate surface area is 200 Å². The molecule has 2 aliphatic rings. The predicted molar refractivity (Wildman–Crippen MR) is 126 cm³/mol. The number of aromatic nitrogens is 5. The minimum Gasteiger partial charge on any atom is -0.378 e. The van der Waals surface area contributed by atoms with Gasteiger partial charge in [0.05, 0.1) is 42.4 Å². The number of ether oxygens (including phenoxy) is 1. The van der Waals surface area contributed by atoms with Gasteiger partial charge in [-0.05, 0) is 37.5 Å². The van der Waals surface area contributed by atoms with E-state index in [1.165, 1.54) is 16.8 Å². The second-order valence-electron chi connectivity index (χ2n) is 8.46. The Bertz CT molecular complexity index is 1170. The Balaban J connectivity index is 1.13. The van der Waals surface area contributed by atoms with Crippen LogP contribution >= 0.6 is 11.6 Å². The maximum absolute atomic E-state index is 12.0. The van der Waals surface area contributed by atoms with Crippen molar-refractivity contribution in [3.8, 4) is 5.69 Å². The minimum absolute atomic E-state index is 0.128. The fourth-order valence-electron chi connectivity index (χ4n) is 4.03. The smallest absolute Gasteiger partial charge is 0.255 e. The van der Waals surface area contributed by atoms with Gasteiger partial charge < -0.3 is 20.5 Å². The van der Waals surface area contributed by atoms with E-state index in [-0.39, 0.29) is 23.7 Å². The van der Waals surface area contributed by atoms with Crippen molar-refractivity contribution >= 4 is 23.4 Å². The van der Waals surface area contributed by atoms with Crippen molar-refractivity contribution in [3.05, 3.63) is 63.9 Å². The number of hydrogen-bond acceptors (Lipinski definition) is 10. The molecule has 0 amide bonds. The molecule has 1 aliphatic heterocycles. The van der Waals surface area contributed by atoms with Crippen molar-refractivity contribution in [3.63, 3.8) is 0 Å². The molecule has 3 aromatic rings. The van der Waals surface area contributed by atoms with Gasteiger partial charge in [-0.3, -0.25) is 14.7 Å². The van der Waals surface area contributed by atoms with Gasteiger partial charge in [0.1, 0.15) is 11.5 Å². The van der Waals surface area contributed by atoms with Crippen molar-refractivity contribution in [1.29, 1.82) is 0 Å². The van der Waals surface area contributed by atoms with Gasteiger partial charge in [-0.2, -0.15) is 0 Å². The quantitative estimate of drug-likeness (QED) is 0.348. The second-order valence-corrected chi connectivity index (χ2v) is 8.90. The van der Waals surface area contributed by atoms with Gasteiger partial charge in [-0.1, -0.05) is 11.6 Å². The average Bonchev–Trinajstić information content (AvgIpc) is 3.25. The maximum Gasteiger partial charge on any atom is 0.255 e. The van der Waals surface area contributed by atoms with Crippen molar-refractivity contribution in [2.75, 3.05) is 23.8 Å². The summed E-state index contributed by atoms with van der Waals surface area (Å²) >= 11 is 6.00. The summed E-state index contributed by atoms with van der Waals surface area (Å²) in [7, 11) is 0. The number of halogens is 1. The Hall–Kier alpha value is -3.12. The zero-order chi connectivity index (χ0) is 23.5. The number of pyridine rings is 2. The molecule has 3 atom stereocenters. The van der Waals surface area contributed by atoms with Crippen LogP contribution in [0.15, 0.2) is 47.7 Å². The SMILES string of the molecule is O=c1ccc(Cl)cn1-c1ccc(N[C@H]2CC[C@H](Nc3ncc(C(O)NC4COC4)nn3)C2)nc1. The van der Waals surface area contributed by atoms with Gasteiger partial charge in [-0.25, -0.2) is 9.97 Å². The summed E-state index contributed by atoms with van der Waals surface area (Å²) in [5, 5.41) is 28.6. The molecule has 1 saturated heterocycles. The van der Waals surface area contributed by atoms with Crippen LogP contribution in [0.4, 0.5) is 11.8 Å². The Morgan fingerprint density at radius 3 is 2.53 bits per heavy atom. The first kappa shape index (κ1) is 22.7. The van der Waals surface area contributed by atoms with Gasteiger partial charge in [0.25, 0.3) is 5.56 Å². The molecule has 4 N–H and O–H groups in total. The highest BCUT2D eigenvalue weighted by atomic mass is 35.5. The molecule has 0 aromatic carbocycles. The lowest BCUT2D eigenvalue weighted by atomic mass is 10.2. The van der Waals surface area contributed by atoms with Crippen molar-refractivity contribution in [2.24, 2.45) is 0 Å². The van der Waals surface area contributed by atoms with Gasteiger partial charge in [0, 0.05) is 24.3 Å². The molecule has 1 aliphatic carbocycles. The molecule has 1 saturated carbocycles. The van der Waals surface area contributed by atoms with Crippen LogP contribution in [0.1, 0.15) is 31.2 Å². The molecule has 0 spiro atoms. The zero-order valence-corrected chi connectivity index (χ0v) is 19.0. The molecular formula is C22H25ClN8O3. The molecule has 34 heavy (non-hydrogen) atoms. The monoisotopic (exact) mass is 484 g/mol. The van der Waals surface area contributed by atoms with Crippen molar-refractivity contribution in [1.82, 2.24) is 30.0 Å². The van der Waals surface area contributed by atoms with Crippen LogP contribution in [0, 0.1) is 0 Å². The number of aliphatic hydroxyl groups excluding tert-OH is 1. The third kappa shape index (κ3) is 5.33. The molecule has 5 rings (SSSR count). The lowest BCUT2D eigenvalue weighted by Gasteiger charge is -2.28. The summed E-state index contributed by atoms with van der Waals surface area (Å²) in [4.78, 5) is 20.8. The Kier molecular flexibility index (Phi) is 6.68. The predicted octanol–water partition coefficient (Wildman–Crippen LogP) is 1.50. The van der Waals surface area contributed by atoms with E-state index in [4.69, 9.17) is 16.3 Å². The number of nitrogens with zero attached hydrogens (tertiary/aromatic N) is 5. The van der Waals surface area contributed by atoms with Crippen LogP contribution in [-0.2, 0) is 4.74 Å². The molecule has 2 fully saturated rings. The number of rotatable bonds is 8. The van der Waals surface area contributed by atoms with Crippen LogP contribution in [0.25, 0.3) is 5.69 Å². The third-order valence-corrected chi connectivity index (χ3v) is 6.13. The molecule has 11 nitrogen and oxygen atoms in total. The summed E-state index contributed by atoms with van der Waals surface area (Å²) in [6, 6.07) is 7.25. The van der Waals surface area contributed by atoms with E-state index in [2.05, 4.69) is 36.1 Å². The van der Waals surface area contributed by atoms with E-state index in [1.807, 2.05) is 12.1 Å². The van der Waals surface area contributed by atoms with E-state index in [9.17, 15) is 9.90 Å². The fourth-order valence-corrected chi connectivity index (χ4v) is 4.19. The number of aliphatic hydroxyl groups is 1. The van der Waals surface area contributed by atoms with Crippen LogP contribution in [0.3, 0.4) is 0 Å². The standard InChI is InChI=1S/C22H25ClN8O3/c23-13-1-6-20(32)31(10-13)17-4-5-19(24-8-17)26-14-2-3-15(7-14)28-22-25-9-18(29-30-22)21(33)27-16-11-34-12-16/h1,4-6,8-10,14-16,21,27,33H,2-3,7,11-12H2,(H,24,26)(H,25,28,30)/t14-,15-,21?/m0/s1. The highest BCUT2D eigenvalue weighted by Crippen LogP contribution is 2.25. The van der Waals surface area contributed by atoms with E-state index in [1.54, 1.807) is 18.5 Å². The van der Waals surface area contributed by atoms with Crippen LogP contribution in [-0.4, -0.2) is 61.2 Å². The average molecular weight is 485 g/mol. The molecule has 0 bridgehead atoms. The first-order valence-electron chi connectivity index (χ1n) is 11.1. The van der Waals surface area contributed by atoms with Crippen LogP contribution in [0.5, 0.6) is 0 Å². The largest absolute Gasteiger partial charge is 0.378 e. The number of anilines is 2. The second kappa shape index (κ2) is 10.0. The van der Waals surface area contributed by atoms with Gasteiger partial charge in [0.2, 0.25) is 5.95 Å². The van der Waals surface area contributed by atoms with E-state index < -0.39 is 6.23 Å². The topological polar surface area (TPSA) is 139 Å². The molecular weight excluding hydrogens is 460 g/mol. The molecule has 0 radical (unpaired) electrons. The maximum atomic E-state index is 12.0. The first-order chi connectivity index (χ1) is 16.5.